The van der Waals surface area contributed by atoms with Gasteiger partial charge in [-0.05, 0) is 12.5 Å². The van der Waals surface area contributed by atoms with E-state index < -0.39 is 5.97 Å². The summed E-state index contributed by atoms with van der Waals surface area (Å²) in [5, 5.41) is 17.6. The zero-order chi connectivity index (χ0) is 8.43. The summed E-state index contributed by atoms with van der Waals surface area (Å²) in [7, 11) is 0. The Labute approximate surface area is 77.6 Å². The summed E-state index contributed by atoms with van der Waals surface area (Å²) in [5.41, 5.74) is 0.0120. The standard InChI is InChI=1S/C7H7IO3/c8-4-1-2-5(7(10)11)6(9)3-4/h2-4,9H,1H2,(H,10,11). The molecule has 0 spiro atoms. The lowest BCUT2D eigenvalue weighted by Crippen LogP contribution is -2.10. The van der Waals surface area contributed by atoms with Crippen molar-refractivity contribution in [3.05, 3.63) is 23.5 Å². The number of hydrogen-bond acceptors (Lipinski definition) is 2. The SMILES string of the molecule is O=C(O)C1=CCC(I)C=C1O. The summed E-state index contributed by atoms with van der Waals surface area (Å²) in [5.74, 6) is -1.19. The molecule has 0 aromatic heterocycles. The summed E-state index contributed by atoms with van der Waals surface area (Å²) in [6.45, 7) is 0. The van der Waals surface area contributed by atoms with Crippen LogP contribution in [0, 0.1) is 0 Å². The molecule has 0 saturated carbocycles. The van der Waals surface area contributed by atoms with Crippen molar-refractivity contribution in [3.8, 4) is 0 Å². The van der Waals surface area contributed by atoms with Gasteiger partial charge in [-0.3, -0.25) is 0 Å². The van der Waals surface area contributed by atoms with Crippen molar-refractivity contribution in [1.82, 2.24) is 0 Å². The van der Waals surface area contributed by atoms with E-state index in [4.69, 9.17) is 10.2 Å². The van der Waals surface area contributed by atoms with E-state index >= 15 is 0 Å². The molecule has 0 fully saturated rings. The van der Waals surface area contributed by atoms with E-state index in [1.165, 1.54) is 6.08 Å². The first-order valence-corrected chi connectivity index (χ1v) is 4.34. The highest BCUT2D eigenvalue weighted by Crippen LogP contribution is 2.21. The van der Waals surface area contributed by atoms with Gasteiger partial charge in [0, 0.05) is 3.92 Å². The molecule has 3 nitrogen and oxygen atoms in total. The van der Waals surface area contributed by atoms with Crippen LogP contribution < -0.4 is 0 Å². The number of allylic oxidation sites excluding steroid dienone is 2. The van der Waals surface area contributed by atoms with Crippen LogP contribution in [0.1, 0.15) is 6.42 Å². The maximum absolute atomic E-state index is 10.4. The summed E-state index contributed by atoms with van der Waals surface area (Å²) >= 11 is 2.13. The van der Waals surface area contributed by atoms with Crippen molar-refractivity contribution in [3.63, 3.8) is 0 Å². The van der Waals surface area contributed by atoms with Crippen molar-refractivity contribution in [2.75, 3.05) is 0 Å². The average molecular weight is 266 g/mol. The number of aliphatic hydroxyl groups excluding tert-OH is 1. The van der Waals surface area contributed by atoms with Gasteiger partial charge in [-0.15, -0.1) is 0 Å². The highest BCUT2D eigenvalue weighted by Gasteiger charge is 2.17. The molecule has 0 bridgehead atoms. The first-order chi connectivity index (χ1) is 5.11. The topological polar surface area (TPSA) is 57.5 Å². The van der Waals surface area contributed by atoms with Crippen LogP contribution in [0.15, 0.2) is 23.5 Å². The van der Waals surface area contributed by atoms with E-state index in [2.05, 4.69) is 22.6 Å². The Hall–Kier alpha value is -0.520. The number of rotatable bonds is 1. The second-order valence-electron chi connectivity index (χ2n) is 2.23. The van der Waals surface area contributed by atoms with Gasteiger partial charge in [0.15, 0.2) is 0 Å². The first kappa shape index (κ1) is 8.58. The van der Waals surface area contributed by atoms with Crippen LogP contribution in [0.25, 0.3) is 0 Å². The lowest BCUT2D eigenvalue weighted by molar-refractivity contribution is -0.132. The lowest BCUT2D eigenvalue weighted by atomic mass is 10.1. The first-order valence-electron chi connectivity index (χ1n) is 3.10. The van der Waals surface area contributed by atoms with Gasteiger partial charge in [-0.25, -0.2) is 4.79 Å². The van der Waals surface area contributed by atoms with E-state index in [1.54, 1.807) is 6.08 Å². The lowest BCUT2D eigenvalue weighted by Gasteiger charge is -2.10. The molecule has 11 heavy (non-hydrogen) atoms. The van der Waals surface area contributed by atoms with Gasteiger partial charge in [0.2, 0.25) is 0 Å². The second kappa shape index (κ2) is 3.25. The molecule has 1 atom stereocenters. The summed E-state index contributed by atoms with van der Waals surface area (Å²) in [4.78, 5) is 10.4. The van der Waals surface area contributed by atoms with Crippen molar-refractivity contribution in [2.24, 2.45) is 0 Å². The predicted octanol–water partition coefficient (Wildman–Crippen LogP) is 1.65. The van der Waals surface area contributed by atoms with E-state index in [0.717, 1.165) is 0 Å². The van der Waals surface area contributed by atoms with Crippen LogP contribution in [-0.4, -0.2) is 20.1 Å². The Morgan fingerprint density at radius 3 is 2.82 bits per heavy atom. The van der Waals surface area contributed by atoms with Crippen LogP contribution in [0.4, 0.5) is 0 Å². The number of aliphatic carboxylic acids is 1. The minimum atomic E-state index is -1.07. The minimum absolute atomic E-state index is 0.0120. The quantitative estimate of drug-likeness (QED) is 0.560. The van der Waals surface area contributed by atoms with Crippen LogP contribution in [0.5, 0.6) is 0 Å². The van der Waals surface area contributed by atoms with Gasteiger partial charge in [-0.1, -0.05) is 28.7 Å². The molecule has 0 aliphatic heterocycles. The van der Waals surface area contributed by atoms with Crippen molar-refractivity contribution < 1.29 is 15.0 Å². The molecule has 2 N–H and O–H groups in total. The largest absolute Gasteiger partial charge is 0.507 e. The molecule has 1 aliphatic rings. The number of carboxylic acids is 1. The van der Waals surface area contributed by atoms with Gasteiger partial charge >= 0.3 is 5.97 Å². The number of halogens is 1. The van der Waals surface area contributed by atoms with Crippen LogP contribution in [0.3, 0.4) is 0 Å². The van der Waals surface area contributed by atoms with E-state index in [0.29, 0.717) is 6.42 Å². The monoisotopic (exact) mass is 266 g/mol. The third-order valence-electron chi connectivity index (χ3n) is 1.39. The number of carboxylic acid groups (broad SMARTS) is 1. The molecule has 4 heteroatoms. The molecule has 0 aromatic rings. The van der Waals surface area contributed by atoms with Gasteiger partial charge < -0.3 is 10.2 Å². The summed E-state index contributed by atoms with van der Waals surface area (Å²) < 4.78 is 0.204. The van der Waals surface area contributed by atoms with Crippen LogP contribution >= 0.6 is 22.6 Å². The Bertz CT molecular complexity index is 242. The average Bonchev–Trinajstić information content (AvgIpc) is 1.85. The zero-order valence-electron chi connectivity index (χ0n) is 5.62. The van der Waals surface area contributed by atoms with Gasteiger partial charge in [0.1, 0.15) is 5.76 Å². The number of alkyl halides is 1. The molecule has 0 saturated heterocycles. The minimum Gasteiger partial charge on any atom is -0.507 e. The third kappa shape index (κ3) is 1.95. The number of hydrogen-bond donors (Lipinski definition) is 2. The fourth-order valence-corrected chi connectivity index (χ4v) is 1.46. The maximum atomic E-state index is 10.4. The van der Waals surface area contributed by atoms with E-state index in [1.807, 2.05) is 0 Å². The molecule has 0 radical (unpaired) electrons. The van der Waals surface area contributed by atoms with Crippen LogP contribution in [-0.2, 0) is 4.79 Å². The van der Waals surface area contributed by atoms with E-state index in [9.17, 15) is 4.79 Å². The molecule has 1 unspecified atom stereocenters. The molecular formula is C7H7IO3. The molecular weight excluding hydrogens is 259 g/mol. The Morgan fingerprint density at radius 2 is 2.36 bits per heavy atom. The highest BCUT2D eigenvalue weighted by molar-refractivity contribution is 14.1. The van der Waals surface area contributed by atoms with Gasteiger partial charge in [0.25, 0.3) is 0 Å². The Morgan fingerprint density at radius 1 is 1.73 bits per heavy atom. The third-order valence-corrected chi connectivity index (χ3v) is 2.26. The fraction of sp³-hybridized carbons (Fsp3) is 0.286. The van der Waals surface area contributed by atoms with Gasteiger partial charge in [-0.2, -0.15) is 0 Å². The predicted molar refractivity (Wildman–Crippen MR) is 48.9 cm³/mol. The van der Waals surface area contributed by atoms with Crippen LogP contribution in [0.2, 0.25) is 0 Å². The molecule has 0 heterocycles. The normalized spacial score (nSPS) is 23.9. The second-order valence-corrected chi connectivity index (χ2v) is 3.83. The molecule has 60 valence electrons. The number of carbonyl (C=O) groups is 1. The molecule has 0 amide bonds. The number of aliphatic hydroxyl groups is 1. The Kier molecular flexibility index (Phi) is 2.53. The zero-order valence-corrected chi connectivity index (χ0v) is 7.78. The molecule has 1 aliphatic carbocycles. The van der Waals surface area contributed by atoms with E-state index in [-0.39, 0.29) is 15.3 Å². The Balaban J connectivity index is 2.86. The van der Waals surface area contributed by atoms with Crippen molar-refractivity contribution >= 4 is 28.6 Å². The summed E-state index contributed by atoms with van der Waals surface area (Å²) in [6.07, 6.45) is 3.76. The summed E-state index contributed by atoms with van der Waals surface area (Å²) in [6, 6.07) is 0. The smallest absolute Gasteiger partial charge is 0.339 e. The van der Waals surface area contributed by atoms with Gasteiger partial charge in [0.05, 0.1) is 5.57 Å². The molecule has 0 aromatic carbocycles. The van der Waals surface area contributed by atoms with Crippen molar-refractivity contribution in [1.29, 1.82) is 0 Å². The van der Waals surface area contributed by atoms with Crippen molar-refractivity contribution in [2.45, 2.75) is 10.3 Å². The maximum Gasteiger partial charge on any atom is 0.339 e. The molecule has 1 rings (SSSR count). The highest BCUT2D eigenvalue weighted by atomic mass is 127. The fourth-order valence-electron chi connectivity index (χ4n) is 0.861.